The summed E-state index contributed by atoms with van der Waals surface area (Å²) >= 11 is 0. The number of carbonyl (C=O) groups excluding carboxylic acids is 1. The summed E-state index contributed by atoms with van der Waals surface area (Å²) in [5.41, 5.74) is 0. The average Bonchev–Trinajstić information content (AvgIpc) is 2.40. The lowest BCUT2D eigenvalue weighted by atomic mass is 10.2. The number of halogens is 2. The Bertz CT molecular complexity index is 495. The van der Waals surface area contributed by atoms with Crippen molar-refractivity contribution in [3.8, 4) is 5.75 Å². The molecule has 1 heterocycles. The van der Waals surface area contributed by atoms with Crippen LogP contribution in [-0.4, -0.2) is 42.7 Å². The zero-order valence-electron chi connectivity index (χ0n) is 11.4. The molecule has 0 saturated carbocycles. The smallest absolute Gasteiger partial charge is 0.260 e. The van der Waals surface area contributed by atoms with Crippen LogP contribution < -0.4 is 4.74 Å². The molecule has 20 heavy (non-hydrogen) atoms. The number of amides is 1. The van der Waals surface area contributed by atoms with E-state index in [0.717, 1.165) is 12.1 Å². The largest absolute Gasteiger partial charge is 0.481 e. The van der Waals surface area contributed by atoms with Crippen molar-refractivity contribution in [2.45, 2.75) is 26.0 Å². The SMILES string of the molecule is C[C@H]1CN(C(=O)COc2ccc(F)cc2F)[C@@H](C)CO1. The van der Waals surface area contributed by atoms with Crippen molar-refractivity contribution in [3.05, 3.63) is 29.8 Å². The zero-order chi connectivity index (χ0) is 14.7. The van der Waals surface area contributed by atoms with Crippen LogP contribution in [0.2, 0.25) is 0 Å². The fourth-order valence-corrected chi connectivity index (χ4v) is 2.07. The highest BCUT2D eigenvalue weighted by molar-refractivity contribution is 5.78. The van der Waals surface area contributed by atoms with E-state index in [9.17, 15) is 13.6 Å². The van der Waals surface area contributed by atoms with E-state index >= 15 is 0 Å². The summed E-state index contributed by atoms with van der Waals surface area (Å²) in [4.78, 5) is 13.7. The molecule has 1 fully saturated rings. The molecule has 0 radical (unpaired) electrons. The monoisotopic (exact) mass is 285 g/mol. The molecule has 6 heteroatoms. The summed E-state index contributed by atoms with van der Waals surface area (Å²) in [5, 5.41) is 0. The minimum atomic E-state index is -0.818. The first kappa shape index (κ1) is 14.7. The highest BCUT2D eigenvalue weighted by Crippen LogP contribution is 2.18. The standard InChI is InChI=1S/C14H17F2NO3/c1-9-7-19-10(2)6-17(9)14(18)8-20-13-4-3-11(15)5-12(13)16/h3-5,9-10H,6-8H2,1-2H3/t9-,10-/m0/s1. The molecular weight excluding hydrogens is 268 g/mol. The van der Waals surface area contributed by atoms with Crippen molar-refractivity contribution < 1.29 is 23.0 Å². The predicted molar refractivity (Wildman–Crippen MR) is 68.4 cm³/mol. The van der Waals surface area contributed by atoms with Gasteiger partial charge >= 0.3 is 0 Å². The maximum Gasteiger partial charge on any atom is 0.260 e. The highest BCUT2D eigenvalue weighted by Gasteiger charge is 2.27. The molecule has 4 nitrogen and oxygen atoms in total. The Morgan fingerprint density at radius 2 is 2.20 bits per heavy atom. The molecule has 0 aromatic heterocycles. The molecule has 2 atom stereocenters. The van der Waals surface area contributed by atoms with Crippen molar-refractivity contribution in [1.82, 2.24) is 4.90 Å². The van der Waals surface area contributed by atoms with Gasteiger partial charge < -0.3 is 14.4 Å². The van der Waals surface area contributed by atoms with E-state index in [1.807, 2.05) is 13.8 Å². The third-order valence-electron chi connectivity index (χ3n) is 3.17. The van der Waals surface area contributed by atoms with E-state index in [1.165, 1.54) is 6.07 Å². The van der Waals surface area contributed by atoms with Gasteiger partial charge in [-0.25, -0.2) is 8.78 Å². The van der Waals surface area contributed by atoms with Crippen LogP contribution in [0.1, 0.15) is 13.8 Å². The number of hydrogen-bond acceptors (Lipinski definition) is 3. The maximum absolute atomic E-state index is 13.4. The lowest BCUT2D eigenvalue weighted by Crippen LogP contribution is -2.51. The van der Waals surface area contributed by atoms with E-state index in [2.05, 4.69) is 0 Å². The lowest BCUT2D eigenvalue weighted by Gasteiger charge is -2.36. The number of rotatable bonds is 3. The van der Waals surface area contributed by atoms with Gasteiger partial charge in [0.25, 0.3) is 5.91 Å². The molecule has 1 aromatic rings. The lowest BCUT2D eigenvalue weighted by molar-refractivity contribution is -0.145. The summed E-state index contributed by atoms with van der Waals surface area (Å²) in [6.07, 6.45) is -0.0299. The topological polar surface area (TPSA) is 38.8 Å². The van der Waals surface area contributed by atoms with Gasteiger partial charge in [0.1, 0.15) is 5.82 Å². The maximum atomic E-state index is 13.4. The third-order valence-corrected chi connectivity index (χ3v) is 3.17. The van der Waals surface area contributed by atoms with Crippen molar-refractivity contribution in [1.29, 1.82) is 0 Å². The second-order valence-corrected chi connectivity index (χ2v) is 4.90. The highest BCUT2D eigenvalue weighted by atomic mass is 19.1. The molecule has 0 spiro atoms. The minimum absolute atomic E-state index is 0.0299. The van der Waals surface area contributed by atoms with Crippen LogP contribution >= 0.6 is 0 Å². The Kier molecular flexibility index (Phi) is 4.54. The molecule has 1 aliphatic rings. The summed E-state index contributed by atoms with van der Waals surface area (Å²) in [6.45, 7) is 4.43. The number of hydrogen-bond donors (Lipinski definition) is 0. The van der Waals surface area contributed by atoms with Gasteiger partial charge in [-0.15, -0.1) is 0 Å². The molecule has 1 aromatic carbocycles. The minimum Gasteiger partial charge on any atom is -0.481 e. The van der Waals surface area contributed by atoms with E-state index in [-0.39, 0.29) is 30.4 Å². The summed E-state index contributed by atoms with van der Waals surface area (Å²) in [6, 6.07) is 2.94. The number of benzene rings is 1. The van der Waals surface area contributed by atoms with Crippen LogP contribution in [0.25, 0.3) is 0 Å². The van der Waals surface area contributed by atoms with E-state index < -0.39 is 11.6 Å². The number of nitrogens with zero attached hydrogens (tertiary/aromatic N) is 1. The van der Waals surface area contributed by atoms with Gasteiger partial charge in [-0.3, -0.25) is 4.79 Å². The summed E-state index contributed by atoms with van der Waals surface area (Å²) < 4.78 is 36.7. The quantitative estimate of drug-likeness (QED) is 0.852. The molecule has 110 valence electrons. The number of ether oxygens (including phenoxy) is 2. The number of morpholine rings is 1. The Morgan fingerprint density at radius 3 is 2.90 bits per heavy atom. The van der Waals surface area contributed by atoms with Gasteiger partial charge in [0, 0.05) is 12.6 Å². The fraction of sp³-hybridized carbons (Fsp3) is 0.500. The van der Waals surface area contributed by atoms with Crippen LogP contribution in [0.3, 0.4) is 0 Å². The van der Waals surface area contributed by atoms with Gasteiger partial charge in [0.2, 0.25) is 0 Å². The van der Waals surface area contributed by atoms with Crippen LogP contribution in [0.5, 0.6) is 5.75 Å². The number of carbonyl (C=O) groups is 1. The van der Waals surface area contributed by atoms with Crippen molar-refractivity contribution >= 4 is 5.91 Å². The van der Waals surface area contributed by atoms with E-state index in [1.54, 1.807) is 4.90 Å². The van der Waals surface area contributed by atoms with Gasteiger partial charge in [0.05, 0.1) is 18.8 Å². The molecule has 1 aliphatic heterocycles. The Labute approximate surface area is 116 Å². The first-order chi connectivity index (χ1) is 9.47. The molecule has 0 N–H and O–H groups in total. The molecule has 0 aliphatic carbocycles. The molecule has 0 bridgehead atoms. The molecule has 1 saturated heterocycles. The second kappa shape index (κ2) is 6.17. The van der Waals surface area contributed by atoms with Crippen molar-refractivity contribution in [2.75, 3.05) is 19.8 Å². The van der Waals surface area contributed by atoms with Crippen LogP contribution in [-0.2, 0) is 9.53 Å². The molecule has 1 amide bonds. The van der Waals surface area contributed by atoms with E-state index in [4.69, 9.17) is 9.47 Å². The van der Waals surface area contributed by atoms with Crippen molar-refractivity contribution in [3.63, 3.8) is 0 Å². The Hall–Kier alpha value is -1.69. The zero-order valence-corrected chi connectivity index (χ0v) is 11.4. The van der Waals surface area contributed by atoms with Crippen molar-refractivity contribution in [2.24, 2.45) is 0 Å². The Morgan fingerprint density at radius 1 is 1.45 bits per heavy atom. The van der Waals surface area contributed by atoms with Crippen LogP contribution in [0.15, 0.2) is 18.2 Å². The second-order valence-electron chi connectivity index (χ2n) is 4.90. The van der Waals surface area contributed by atoms with Gasteiger partial charge in [-0.2, -0.15) is 0 Å². The van der Waals surface area contributed by atoms with Gasteiger partial charge in [0.15, 0.2) is 18.2 Å². The third kappa shape index (κ3) is 3.45. The van der Waals surface area contributed by atoms with Crippen LogP contribution in [0.4, 0.5) is 8.78 Å². The van der Waals surface area contributed by atoms with Gasteiger partial charge in [-0.05, 0) is 26.0 Å². The molecule has 0 unspecified atom stereocenters. The fourth-order valence-electron chi connectivity index (χ4n) is 2.07. The Balaban J connectivity index is 1.94. The normalized spacial score (nSPS) is 22.7. The average molecular weight is 285 g/mol. The summed E-state index contributed by atoms with van der Waals surface area (Å²) in [5.74, 6) is -1.87. The first-order valence-electron chi connectivity index (χ1n) is 6.46. The summed E-state index contributed by atoms with van der Waals surface area (Å²) in [7, 11) is 0. The first-order valence-corrected chi connectivity index (χ1v) is 6.46. The van der Waals surface area contributed by atoms with Gasteiger partial charge in [-0.1, -0.05) is 0 Å². The van der Waals surface area contributed by atoms with Crippen LogP contribution in [0, 0.1) is 11.6 Å². The molecular formula is C14H17F2NO3. The predicted octanol–water partition coefficient (Wildman–Crippen LogP) is 1.98. The van der Waals surface area contributed by atoms with E-state index in [0.29, 0.717) is 13.2 Å². The molecule has 2 rings (SSSR count).